The van der Waals surface area contributed by atoms with E-state index in [0.717, 1.165) is 35.5 Å². The highest BCUT2D eigenvalue weighted by Gasteiger charge is 2.07. The van der Waals surface area contributed by atoms with Gasteiger partial charge in [-0.1, -0.05) is 19.1 Å². The van der Waals surface area contributed by atoms with Gasteiger partial charge in [0.2, 0.25) is 0 Å². The largest absolute Gasteiger partial charge is 0.507 e. The monoisotopic (exact) mass is 259 g/mol. The minimum absolute atomic E-state index is 0.388. The second-order valence-electron chi connectivity index (χ2n) is 4.95. The summed E-state index contributed by atoms with van der Waals surface area (Å²) in [5.41, 5.74) is 5.15. The summed E-state index contributed by atoms with van der Waals surface area (Å²) in [5, 5.41) is 17.6. The maximum atomic E-state index is 9.77. The van der Waals surface area contributed by atoms with Crippen LogP contribution in [0.4, 0.5) is 5.69 Å². The van der Waals surface area contributed by atoms with Gasteiger partial charge in [-0.15, -0.1) is 0 Å². The molecule has 2 rings (SSSR count). The van der Waals surface area contributed by atoms with Gasteiger partial charge in [0.15, 0.2) is 0 Å². The van der Waals surface area contributed by atoms with E-state index in [1.165, 1.54) is 5.56 Å². The quantitative estimate of drug-likeness (QED) is 0.887. The standard InChI is InChI=1S/C15H21N3O/c1-5-13-14(9-18(4)17-13)16-8-12-6-10(2)15(19)11(3)7-12/h6-7,9,16,19H,5,8H2,1-4H3. The Morgan fingerprint density at radius 1 is 1.26 bits per heavy atom. The number of phenolic OH excluding ortho intramolecular Hbond substituents is 1. The van der Waals surface area contributed by atoms with Gasteiger partial charge in [0.05, 0.1) is 11.4 Å². The zero-order chi connectivity index (χ0) is 14.0. The second kappa shape index (κ2) is 5.34. The zero-order valence-corrected chi connectivity index (χ0v) is 12.0. The summed E-state index contributed by atoms with van der Waals surface area (Å²) >= 11 is 0. The van der Waals surface area contributed by atoms with Gasteiger partial charge in [-0.2, -0.15) is 5.10 Å². The highest BCUT2D eigenvalue weighted by Crippen LogP contribution is 2.23. The van der Waals surface area contributed by atoms with Crippen molar-refractivity contribution in [1.29, 1.82) is 0 Å². The van der Waals surface area contributed by atoms with Crippen LogP contribution in [0.5, 0.6) is 5.75 Å². The van der Waals surface area contributed by atoms with Crippen LogP contribution in [0.15, 0.2) is 18.3 Å². The molecule has 2 N–H and O–H groups in total. The van der Waals surface area contributed by atoms with Crippen LogP contribution in [-0.4, -0.2) is 14.9 Å². The van der Waals surface area contributed by atoms with E-state index < -0.39 is 0 Å². The number of hydrogen-bond acceptors (Lipinski definition) is 3. The number of anilines is 1. The van der Waals surface area contributed by atoms with Crippen molar-refractivity contribution < 1.29 is 5.11 Å². The fourth-order valence-corrected chi connectivity index (χ4v) is 2.29. The van der Waals surface area contributed by atoms with E-state index in [1.54, 1.807) is 0 Å². The predicted molar refractivity (Wildman–Crippen MR) is 77.5 cm³/mol. The first kappa shape index (κ1) is 13.5. The smallest absolute Gasteiger partial charge is 0.121 e. The SMILES string of the molecule is CCc1nn(C)cc1NCc1cc(C)c(O)c(C)c1. The van der Waals surface area contributed by atoms with Crippen LogP contribution >= 0.6 is 0 Å². The first-order chi connectivity index (χ1) is 9.01. The second-order valence-corrected chi connectivity index (χ2v) is 4.95. The Hall–Kier alpha value is -1.97. The fraction of sp³-hybridized carbons (Fsp3) is 0.400. The molecule has 0 aliphatic heterocycles. The minimum Gasteiger partial charge on any atom is -0.507 e. The van der Waals surface area contributed by atoms with E-state index in [9.17, 15) is 5.11 Å². The molecule has 1 heterocycles. The lowest BCUT2D eigenvalue weighted by molar-refractivity contribution is 0.466. The van der Waals surface area contributed by atoms with E-state index in [1.807, 2.05) is 43.9 Å². The van der Waals surface area contributed by atoms with E-state index in [0.29, 0.717) is 5.75 Å². The van der Waals surface area contributed by atoms with Crippen LogP contribution in [0.25, 0.3) is 0 Å². The van der Waals surface area contributed by atoms with E-state index in [-0.39, 0.29) is 0 Å². The number of nitrogens with zero attached hydrogens (tertiary/aromatic N) is 2. The molecule has 0 bridgehead atoms. The molecule has 1 aromatic carbocycles. The summed E-state index contributed by atoms with van der Waals surface area (Å²) in [6.45, 7) is 6.68. The van der Waals surface area contributed by atoms with Gasteiger partial charge in [0, 0.05) is 19.8 Å². The third-order valence-electron chi connectivity index (χ3n) is 3.27. The van der Waals surface area contributed by atoms with Crippen LogP contribution in [0.2, 0.25) is 0 Å². The van der Waals surface area contributed by atoms with E-state index in [4.69, 9.17) is 0 Å². The molecular formula is C15H21N3O. The Morgan fingerprint density at radius 2 is 1.89 bits per heavy atom. The fourth-order valence-electron chi connectivity index (χ4n) is 2.29. The number of benzene rings is 1. The molecular weight excluding hydrogens is 238 g/mol. The summed E-state index contributed by atoms with van der Waals surface area (Å²) in [4.78, 5) is 0. The van der Waals surface area contributed by atoms with Gasteiger partial charge < -0.3 is 10.4 Å². The summed E-state index contributed by atoms with van der Waals surface area (Å²) in [7, 11) is 1.93. The van der Waals surface area contributed by atoms with Gasteiger partial charge in [-0.25, -0.2) is 0 Å². The molecule has 0 amide bonds. The van der Waals surface area contributed by atoms with Gasteiger partial charge in [0.1, 0.15) is 5.75 Å². The van der Waals surface area contributed by atoms with Gasteiger partial charge >= 0.3 is 0 Å². The maximum Gasteiger partial charge on any atom is 0.121 e. The molecule has 102 valence electrons. The Morgan fingerprint density at radius 3 is 2.47 bits per heavy atom. The molecule has 0 aliphatic carbocycles. The molecule has 19 heavy (non-hydrogen) atoms. The first-order valence-corrected chi connectivity index (χ1v) is 6.56. The van der Waals surface area contributed by atoms with E-state index >= 15 is 0 Å². The van der Waals surface area contributed by atoms with Crippen LogP contribution in [0.3, 0.4) is 0 Å². The van der Waals surface area contributed by atoms with Crippen molar-refractivity contribution in [3.8, 4) is 5.75 Å². The summed E-state index contributed by atoms with van der Waals surface area (Å²) in [6, 6.07) is 4.02. The molecule has 0 spiro atoms. The Balaban J connectivity index is 2.14. The number of aromatic nitrogens is 2. The lowest BCUT2D eigenvalue weighted by atomic mass is 10.1. The number of nitrogens with one attached hydrogen (secondary N) is 1. The summed E-state index contributed by atoms with van der Waals surface area (Å²) < 4.78 is 1.83. The molecule has 0 fully saturated rings. The Kier molecular flexibility index (Phi) is 3.79. The molecule has 0 aliphatic rings. The minimum atomic E-state index is 0.388. The number of aryl methyl sites for hydroxylation is 4. The molecule has 4 nitrogen and oxygen atoms in total. The maximum absolute atomic E-state index is 9.77. The number of hydrogen-bond donors (Lipinski definition) is 2. The zero-order valence-electron chi connectivity index (χ0n) is 12.0. The van der Waals surface area contributed by atoms with Crippen molar-refractivity contribution in [2.45, 2.75) is 33.7 Å². The summed E-state index contributed by atoms with van der Waals surface area (Å²) in [5.74, 6) is 0.388. The first-order valence-electron chi connectivity index (χ1n) is 6.56. The molecule has 0 atom stereocenters. The Labute approximate surface area is 114 Å². The van der Waals surface area contributed by atoms with Crippen LogP contribution < -0.4 is 5.32 Å². The number of aromatic hydroxyl groups is 1. The predicted octanol–water partition coefficient (Wildman–Crippen LogP) is 2.92. The van der Waals surface area contributed by atoms with Crippen molar-refractivity contribution in [2.75, 3.05) is 5.32 Å². The van der Waals surface area contributed by atoms with Crippen molar-refractivity contribution in [3.63, 3.8) is 0 Å². The molecule has 0 unspecified atom stereocenters. The third-order valence-corrected chi connectivity index (χ3v) is 3.27. The lowest BCUT2D eigenvalue weighted by Crippen LogP contribution is -2.01. The average molecular weight is 259 g/mol. The molecule has 4 heteroatoms. The molecule has 1 aromatic heterocycles. The van der Waals surface area contributed by atoms with Crippen LogP contribution in [0.1, 0.15) is 29.3 Å². The van der Waals surface area contributed by atoms with Crippen molar-refractivity contribution in [1.82, 2.24) is 9.78 Å². The summed E-state index contributed by atoms with van der Waals surface area (Å²) in [6.07, 6.45) is 2.91. The highest BCUT2D eigenvalue weighted by molar-refractivity contribution is 5.48. The number of phenols is 1. The van der Waals surface area contributed by atoms with E-state index in [2.05, 4.69) is 17.3 Å². The normalized spacial score (nSPS) is 10.7. The molecule has 2 aromatic rings. The topological polar surface area (TPSA) is 50.1 Å². The third kappa shape index (κ3) is 2.89. The Bertz CT molecular complexity index is 564. The van der Waals surface area contributed by atoms with Crippen molar-refractivity contribution >= 4 is 5.69 Å². The van der Waals surface area contributed by atoms with Gasteiger partial charge in [-0.05, 0) is 37.0 Å². The highest BCUT2D eigenvalue weighted by atomic mass is 16.3. The lowest BCUT2D eigenvalue weighted by Gasteiger charge is -2.09. The van der Waals surface area contributed by atoms with Gasteiger partial charge in [0.25, 0.3) is 0 Å². The average Bonchev–Trinajstić information content (AvgIpc) is 2.73. The number of rotatable bonds is 4. The van der Waals surface area contributed by atoms with Gasteiger partial charge in [-0.3, -0.25) is 4.68 Å². The molecule has 0 radical (unpaired) electrons. The molecule has 0 saturated carbocycles. The van der Waals surface area contributed by atoms with Crippen molar-refractivity contribution in [2.24, 2.45) is 7.05 Å². The van der Waals surface area contributed by atoms with Crippen molar-refractivity contribution in [3.05, 3.63) is 40.7 Å². The van der Waals surface area contributed by atoms with Crippen LogP contribution in [0, 0.1) is 13.8 Å². The van der Waals surface area contributed by atoms with Crippen LogP contribution in [-0.2, 0) is 20.0 Å². The molecule has 0 saturated heterocycles.